The molecule has 0 saturated heterocycles. The molecule has 0 atom stereocenters. The monoisotopic (exact) mass is 210 g/mol. The molecule has 0 aliphatic heterocycles. The van der Waals surface area contributed by atoms with Gasteiger partial charge in [0.1, 0.15) is 0 Å². The average Bonchev–Trinajstić information content (AvgIpc) is 2.16. The normalized spacial score (nSPS) is 9.73. The van der Waals surface area contributed by atoms with Gasteiger partial charge in [-0.2, -0.15) is 0 Å². The highest BCUT2D eigenvalue weighted by molar-refractivity contribution is 6.07. The van der Waals surface area contributed by atoms with Gasteiger partial charge in [0, 0.05) is 0 Å². The summed E-state index contributed by atoms with van der Waals surface area (Å²) in [4.78, 5) is 22.1. The van der Waals surface area contributed by atoms with E-state index < -0.39 is 11.8 Å². The van der Waals surface area contributed by atoms with Crippen LogP contribution in [0, 0.1) is 0 Å². The van der Waals surface area contributed by atoms with Crippen molar-refractivity contribution < 1.29 is 24.5 Å². The minimum absolute atomic E-state index is 0.109. The molecule has 0 fully saturated rings. The first-order valence-electron chi connectivity index (χ1n) is 4.13. The number of phenolic OH excluding ortho intramolecular Hbond substituents is 1. The maximum absolute atomic E-state index is 11.2. The van der Waals surface area contributed by atoms with Crippen LogP contribution >= 0.6 is 0 Å². The van der Waals surface area contributed by atoms with Gasteiger partial charge in [0.15, 0.2) is 17.3 Å². The number of ether oxygens (including phenoxy) is 1. The summed E-state index contributed by atoms with van der Waals surface area (Å²) >= 11 is 0. The Morgan fingerprint density at radius 1 is 1.33 bits per heavy atom. The van der Waals surface area contributed by atoms with E-state index in [0.29, 0.717) is 0 Å². The smallest absolute Gasteiger partial charge is 0.336 e. The van der Waals surface area contributed by atoms with Gasteiger partial charge in [0.2, 0.25) is 0 Å². The molecule has 15 heavy (non-hydrogen) atoms. The number of hydrogen-bond donors (Lipinski definition) is 2. The zero-order chi connectivity index (χ0) is 11.6. The van der Waals surface area contributed by atoms with Crippen molar-refractivity contribution in [1.82, 2.24) is 0 Å². The number of ketones is 1. The summed E-state index contributed by atoms with van der Waals surface area (Å²) in [5.74, 6) is -2.08. The number of hydrogen-bond acceptors (Lipinski definition) is 4. The Morgan fingerprint density at radius 3 is 2.33 bits per heavy atom. The number of carboxylic acids is 1. The van der Waals surface area contributed by atoms with Crippen LogP contribution in [-0.2, 0) is 0 Å². The van der Waals surface area contributed by atoms with Gasteiger partial charge in [-0.25, -0.2) is 4.79 Å². The standard InChI is InChI=1S/C10H10O5/c1-5(11)8-6(10(13)14)3-4-7(12)9(8)15-2/h3-4,12H,1-2H3,(H,13,14). The van der Waals surface area contributed by atoms with Crippen LogP contribution in [-0.4, -0.2) is 29.1 Å². The van der Waals surface area contributed by atoms with Crippen molar-refractivity contribution in [1.29, 1.82) is 0 Å². The van der Waals surface area contributed by atoms with E-state index in [1.807, 2.05) is 0 Å². The molecule has 0 heterocycles. The molecule has 0 saturated carbocycles. The van der Waals surface area contributed by atoms with Crippen LogP contribution in [0.3, 0.4) is 0 Å². The highest BCUT2D eigenvalue weighted by Gasteiger charge is 2.21. The molecule has 5 heteroatoms. The van der Waals surface area contributed by atoms with Crippen molar-refractivity contribution in [3.8, 4) is 11.5 Å². The summed E-state index contributed by atoms with van der Waals surface area (Å²) < 4.78 is 4.79. The van der Waals surface area contributed by atoms with Crippen molar-refractivity contribution in [2.45, 2.75) is 6.92 Å². The van der Waals surface area contributed by atoms with Gasteiger partial charge in [0.05, 0.1) is 18.2 Å². The lowest BCUT2D eigenvalue weighted by atomic mass is 10.0. The van der Waals surface area contributed by atoms with Crippen LogP contribution in [0.5, 0.6) is 11.5 Å². The van der Waals surface area contributed by atoms with Gasteiger partial charge in [-0.15, -0.1) is 0 Å². The summed E-state index contributed by atoms with van der Waals surface area (Å²) in [6, 6.07) is 2.34. The lowest BCUT2D eigenvalue weighted by Gasteiger charge is -2.10. The molecular weight excluding hydrogens is 200 g/mol. The van der Waals surface area contributed by atoms with E-state index in [9.17, 15) is 14.7 Å². The zero-order valence-electron chi connectivity index (χ0n) is 8.27. The Morgan fingerprint density at radius 2 is 1.93 bits per heavy atom. The first-order chi connectivity index (χ1) is 6.99. The van der Waals surface area contributed by atoms with E-state index in [2.05, 4.69) is 0 Å². The number of benzene rings is 1. The Hall–Kier alpha value is -2.04. The molecule has 80 valence electrons. The number of aromatic carboxylic acids is 1. The minimum atomic E-state index is -1.24. The van der Waals surface area contributed by atoms with Crippen molar-refractivity contribution in [2.24, 2.45) is 0 Å². The summed E-state index contributed by atoms with van der Waals surface area (Å²) in [7, 11) is 1.26. The summed E-state index contributed by atoms with van der Waals surface area (Å²) in [5, 5.41) is 18.2. The fourth-order valence-electron chi connectivity index (χ4n) is 1.31. The topological polar surface area (TPSA) is 83.8 Å². The third kappa shape index (κ3) is 1.90. The Labute approximate surface area is 85.9 Å². The van der Waals surface area contributed by atoms with Crippen molar-refractivity contribution in [2.75, 3.05) is 7.11 Å². The van der Waals surface area contributed by atoms with E-state index in [1.54, 1.807) is 0 Å². The molecule has 0 amide bonds. The number of carbonyl (C=O) groups is 2. The third-order valence-corrected chi connectivity index (χ3v) is 1.92. The maximum Gasteiger partial charge on any atom is 0.336 e. The third-order valence-electron chi connectivity index (χ3n) is 1.92. The molecule has 0 aliphatic rings. The quantitative estimate of drug-likeness (QED) is 0.734. The van der Waals surface area contributed by atoms with Crippen LogP contribution in [0.25, 0.3) is 0 Å². The predicted molar refractivity (Wildman–Crippen MR) is 51.6 cm³/mol. The minimum Gasteiger partial charge on any atom is -0.504 e. The number of carboxylic acid groups (broad SMARTS) is 1. The molecule has 1 aromatic rings. The summed E-state index contributed by atoms with van der Waals surface area (Å²) in [5.41, 5.74) is -0.304. The van der Waals surface area contributed by atoms with Crippen LogP contribution in [0.1, 0.15) is 27.6 Å². The van der Waals surface area contributed by atoms with Crippen LogP contribution in [0.2, 0.25) is 0 Å². The summed E-state index contributed by atoms with van der Waals surface area (Å²) in [6.45, 7) is 1.21. The van der Waals surface area contributed by atoms with E-state index in [4.69, 9.17) is 9.84 Å². The van der Waals surface area contributed by atoms with E-state index in [-0.39, 0.29) is 22.6 Å². The van der Waals surface area contributed by atoms with Gasteiger partial charge in [-0.3, -0.25) is 4.79 Å². The van der Waals surface area contributed by atoms with Crippen LogP contribution in [0.4, 0.5) is 0 Å². The number of aromatic hydroxyl groups is 1. The Balaban J connectivity index is 3.56. The molecule has 0 radical (unpaired) electrons. The molecule has 1 rings (SSSR count). The van der Waals surface area contributed by atoms with Gasteiger partial charge in [0.25, 0.3) is 0 Å². The van der Waals surface area contributed by atoms with Crippen molar-refractivity contribution in [3.05, 3.63) is 23.3 Å². The Bertz CT molecular complexity index is 422. The van der Waals surface area contributed by atoms with Crippen molar-refractivity contribution >= 4 is 11.8 Å². The number of rotatable bonds is 3. The predicted octanol–water partition coefficient (Wildman–Crippen LogP) is 1.30. The molecule has 2 N–H and O–H groups in total. The van der Waals surface area contributed by atoms with Gasteiger partial charge >= 0.3 is 5.97 Å². The molecule has 0 bridgehead atoms. The summed E-state index contributed by atoms with van der Waals surface area (Å²) in [6.07, 6.45) is 0. The molecule has 1 aromatic carbocycles. The molecule has 0 unspecified atom stereocenters. The lowest BCUT2D eigenvalue weighted by molar-refractivity contribution is 0.0691. The van der Waals surface area contributed by atoms with Crippen LogP contribution in [0.15, 0.2) is 12.1 Å². The lowest BCUT2D eigenvalue weighted by Crippen LogP contribution is -2.08. The number of carbonyl (C=O) groups excluding carboxylic acids is 1. The van der Waals surface area contributed by atoms with E-state index in [0.717, 1.165) is 6.07 Å². The second-order valence-electron chi connectivity index (χ2n) is 2.90. The molecule has 5 nitrogen and oxygen atoms in total. The fourth-order valence-corrected chi connectivity index (χ4v) is 1.31. The molecular formula is C10H10O5. The highest BCUT2D eigenvalue weighted by Crippen LogP contribution is 2.32. The largest absolute Gasteiger partial charge is 0.504 e. The average molecular weight is 210 g/mol. The highest BCUT2D eigenvalue weighted by atomic mass is 16.5. The van der Waals surface area contributed by atoms with E-state index in [1.165, 1.54) is 20.1 Å². The van der Waals surface area contributed by atoms with Crippen molar-refractivity contribution in [3.63, 3.8) is 0 Å². The molecule has 0 spiro atoms. The fraction of sp³-hybridized carbons (Fsp3) is 0.200. The molecule has 0 aliphatic carbocycles. The van der Waals surface area contributed by atoms with E-state index >= 15 is 0 Å². The molecule has 0 aromatic heterocycles. The maximum atomic E-state index is 11.2. The van der Waals surface area contributed by atoms with Gasteiger partial charge in [-0.05, 0) is 19.1 Å². The first kappa shape index (κ1) is 11.0. The second-order valence-corrected chi connectivity index (χ2v) is 2.90. The van der Waals surface area contributed by atoms with Crippen LogP contribution < -0.4 is 4.74 Å². The second kappa shape index (κ2) is 4.00. The SMILES string of the molecule is COc1c(O)ccc(C(=O)O)c1C(C)=O. The van der Waals surface area contributed by atoms with Gasteiger partial charge < -0.3 is 14.9 Å². The van der Waals surface area contributed by atoms with Gasteiger partial charge in [-0.1, -0.05) is 0 Å². The number of Topliss-reactive ketones (excluding diaryl/α,β-unsaturated/α-hetero) is 1. The number of methoxy groups -OCH3 is 1. The zero-order valence-corrected chi connectivity index (χ0v) is 8.27. The number of phenols is 1. The first-order valence-corrected chi connectivity index (χ1v) is 4.13. The Kier molecular flexibility index (Phi) is 2.94.